The van der Waals surface area contributed by atoms with Crippen LogP contribution in [0.25, 0.3) is 5.57 Å². The maximum atomic E-state index is 12.6. The van der Waals surface area contributed by atoms with Crippen LogP contribution in [0, 0.1) is 11.8 Å². The molecule has 6 heteroatoms. The highest BCUT2D eigenvalue weighted by Crippen LogP contribution is 2.34. The molecule has 0 bridgehead atoms. The number of halogens is 1. The van der Waals surface area contributed by atoms with E-state index in [1.165, 1.54) is 6.20 Å². The predicted octanol–water partition coefficient (Wildman–Crippen LogP) is 3.57. The van der Waals surface area contributed by atoms with Crippen LogP contribution in [0.5, 0.6) is 0 Å². The minimum Gasteiger partial charge on any atom is -0.378 e. The Kier molecular flexibility index (Phi) is 5.43. The van der Waals surface area contributed by atoms with Gasteiger partial charge in [-0.15, -0.1) is 0 Å². The van der Waals surface area contributed by atoms with Gasteiger partial charge in [0.25, 0.3) is 0 Å². The fourth-order valence-electron chi connectivity index (χ4n) is 3.49. The van der Waals surface area contributed by atoms with Crippen molar-refractivity contribution in [3.8, 4) is 11.8 Å². The number of hydrogen-bond acceptors (Lipinski definition) is 5. The summed E-state index contributed by atoms with van der Waals surface area (Å²) in [7, 11) is 0. The number of pyridine rings is 2. The summed E-state index contributed by atoms with van der Waals surface area (Å²) in [6, 6.07) is 5.84. The van der Waals surface area contributed by atoms with Crippen molar-refractivity contribution in [1.82, 2.24) is 9.97 Å². The largest absolute Gasteiger partial charge is 0.378 e. The van der Waals surface area contributed by atoms with Crippen molar-refractivity contribution in [3.05, 3.63) is 58.1 Å². The topological polar surface area (TPSA) is 55.3 Å². The molecule has 0 spiro atoms. The van der Waals surface area contributed by atoms with E-state index in [0.29, 0.717) is 29.1 Å². The third-order valence-corrected chi connectivity index (χ3v) is 5.15. The minimum atomic E-state index is -0.119. The van der Waals surface area contributed by atoms with Gasteiger partial charge in [-0.2, -0.15) is 0 Å². The van der Waals surface area contributed by atoms with E-state index in [2.05, 4.69) is 32.8 Å². The number of ether oxygens (including phenoxy) is 1. The number of Topliss-reactive ketones (excluding diaryl/α,β-unsaturated/α-hetero) is 1. The lowest BCUT2D eigenvalue weighted by molar-refractivity contribution is 0.103. The normalized spacial score (nSPS) is 16.1. The quantitative estimate of drug-likeness (QED) is 0.746. The summed E-state index contributed by atoms with van der Waals surface area (Å²) in [5, 5.41) is 0.524. The highest BCUT2D eigenvalue weighted by atomic mass is 35.5. The summed E-state index contributed by atoms with van der Waals surface area (Å²) >= 11 is 6.04. The molecule has 4 rings (SSSR count). The van der Waals surface area contributed by atoms with Gasteiger partial charge in [0.15, 0.2) is 0 Å². The van der Waals surface area contributed by atoms with Crippen LogP contribution in [-0.2, 0) is 11.2 Å². The molecule has 1 aliphatic carbocycles. The fraction of sp³-hybridized carbons (Fsp3) is 0.318. The molecule has 1 saturated heterocycles. The van der Waals surface area contributed by atoms with Gasteiger partial charge in [-0.25, -0.2) is 0 Å². The van der Waals surface area contributed by atoms with Crippen LogP contribution >= 0.6 is 11.6 Å². The number of nitrogens with zero attached hydrogens (tertiary/aromatic N) is 3. The zero-order valence-electron chi connectivity index (χ0n) is 15.7. The average Bonchev–Trinajstić information content (AvgIpc) is 2.99. The van der Waals surface area contributed by atoms with Gasteiger partial charge < -0.3 is 9.64 Å². The number of fused-ring (bicyclic) bond motifs is 1. The zero-order valence-corrected chi connectivity index (χ0v) is 16.4. The molecule has 5 nitrogen and oxygen atoms in total. The van der Waals surface area contributed by atoms with Gasteiger partial charge >= 0.3 is 0 Å². The van der Waals surface area contributed by atoms with Gasteiger partial charge in [0, 0.05) is 24.8 Å². The molecule has 0 atom stereocenters. The number of morpholine rings is 1. The van der Waals surface area contributed by atoms with Crippen molar-refractivity contribution in [1.29, 1.82) is 0 Å². The maximum absolute atomic E-state index is 12.6. The lowest BCUT2D eigenvalue weighted by Gasteiger charge is -2.28. The van der Waals surface area contributed by atoms with Crippen molar-refractivity contribution in [2.24, 2.45) is 0 Å². The van der Waals surface area contributed by atoms with E-state index in [0.717, 1.165) is 48.8 Å². The number of allylic oxidation sites excluding steroid dienone is 2. The van der Waals surface area contributed by atoms with Gasteiger partial charge in [0.1, 0.15) is 5.69 Å². The van der Waals surface area contributed by atoms with E-state index in [9.17, 15) is 4.79 Å². The van der Waals surface area contributed by atoms with Crippen molar-refractivity contribution < 1.29 is 9.53 Å². The first-order chi connectivity index (χ1) is 13.7. The Balaban J connectivity index is 1.50. The lowest BCUT2D eigenvalue weighted by Crippen LogP contribution is -2.36. The summed E-state index contributed by atoms with van der Waals surface area (Å²) < 4.78 is 5.38. The van der Waals surface area contributed by atoms with Crippen molar-refractivity contribution in [3.63, 3.8) is 0 Å². The third kappa shape index (κ3) is 3.66. The molecular weight excluding hydrogens is 374 g/mol. The molecule has 0 N–H and O–H groups in total. The third-order valence-electron chi connectivity index (χ3n) is 4.95. The SMILES string of the molecule is CCC1=C(C#CCc2ccc(N3CCOCC3)cn2)C(=O)c2ncc(Cl)cc21. The van der Waals surface area contributed by atoms with E-state index in [-0.39, 0.29) is 5.78 Å². The summed E-state index contributed by atoms with van der Waals surface area (Å²) in [5.74, 6) is 6.04. The van der Waals surface area contributed by atoms with Crippen LogP contribution in [0.3, 0.4) is 0 Å². The van der Waals surface area contributed by atoms with Gasteiger partial charge in [-0.3, -0.25) is 14.8 Å². The average molecular weight is 394 g/mol. The van der Waals surface area contributed by atoms with Crippen LogP contribution in [0.4, 0.5) is 5.69 Å². The Hall–Kier alpha value is -2.68. The summed E-state index contributed by atoms with van der Waals surface area (Å²) in [6.07, 6.45) is 4.57. The van der Waals surface area contributed by atoms with Crippen LogP contribution in [0.15, 0.2) is 36.2 Å². The first kappa shape index (κ1) is 18.7. The Morgan fingerprint density at radius 1 is 1.21 bits per heavy atom. The van der Waals surface area contributed by atoms with E-state index in [4.69, 9.17) is 16.3 Å². The smallest absolute Gasteiger partial charge is 0.220 e. The minimum absolute atomic E-state index is 0.119. The van der Waals surface area contributed by atoms with E-state index in [1.807, 2.05) is 19.2 Å². The molecule has 3 heterocycles. The molecule has 0 unspecified atom stereocenters. The molecule has 0 radical (unpaired) electrons. The fourth-order valence-corrected chi connectivity index (χ4v) is 3.65. The van der Waals surface area contributed by atoms with E-state index < -0.39 is 0 Å². The Labute approximate surface area is 169 Å². The van der Waals surface area contributed by atoms with Gasteiger partial charge in [-0.1, -0.05) is 30.4 Å². The highest BCUT2D eigenvalue weighted by molar-refractivity contribution is 6.31. The molecule has 2 aliphatic rings. The summed E-state index contributed by atoms with van der Waals surface area (Å²) in [5.41, 5.74) is 4.67. The van der Waals surface area contributed by atoms with Crippen molar-refractivity contribution in [2.45, 2.75) is 19.8 Å². The summed E-state index contributed by atoms with van der Waals surface area (Å²) in [4.78, 5) is 23.6. The van der Waals surface area contributed by atoms with Crippen LogP contribution in [-0.4, -0.2) is 42.1 Å². The number of hydrogen-bond donors (Lipinski definition) is 0. The number of carbonyl (C=O) groups is 1. The summed E-state index contributed by atoms with van der Waals surface area (Å²) in [6.45, 7) is 5.27. The second-order valence-corrected chi connectivity index (χ2v) is 7.11. The second kappa shape index (κ2) is 8.14. The second-order valence-electron chi connectivity index (χ2n) is 6.67. The van der Waals surface area contributed by atoms with E-state index >= 15 is 0 Å². The molecule has 142 valence electrons. The maximum Gasteiger partial charge on any atom is 0.220 e. The van der Waals surface area contributed by atoms with Crippen LogP contribution < -0.4 is 4.90 Å². The molecular formula is C22H20ClN3O2. The number of ketones is 1. The van der Waals surface area contributed by atoms with Crippen molar-refractivity contribution >= 4 is 28.6 Å². The molecule has 1 fully saturated rings. The Bertz CT molecular complexity index is 997. The Morgan fingerprint density at radius 3 is 2.75 bits per heavy atom. The van der Waals surface area contributed by atoms with Crippen LogP contribution in [0.1, 0.15) is 35.1 Å². The number of carbonyl (C=O) groups excluding carboxylic acids is 1. The molecule has 0 aromatic carbocycles. The van der Waals surface area contributed by atoms with Crippen LogP contribution in [0.2, 0.25) is 5.02 Å². The van der Waals surface area contributed by atoms with E-state index in [1.54, 1.807) is 6.07 Å². The van der Waals surface area contributed by atoms with Crippen molar-refractivity contribution in [2.75, 3.05) is 31.2 Å². The molecule has 0 saturated carbocycles. The predicted molar refractivity (Wildman–Crippen MR) is 110 cm³/mol. The monoisotopic (exact) mass is 393 g/mol. The molecule has 2 aromatic rings. The van der Waals surface area contributed by atoms with Gasteiger partial charge in [0.05, 0.1) is 47.8 Å². The lowest BCUT2D eigenvalue weighted by atomic mass is 10.0. The number of aromatic nitrogens is 2. The first-order valence-electron chi connectivity index (χ1n) is 9.37. The number of rotatable bonds is 3. The van der Waals surface area contributed by atoms with Gasteiger partial charge in [0.2, 0.25) is 5.78 Å². The highest BCUT2D eigenvalue weighted by Gasteiger charge is 2.29. The molecule has 28 heavy (non-hydrogen) atoms. The molecule has 1 aliphatic heterocycles. The standard InChI is InChI=1S/C22H20ClN3O2/c1-2-18-19(22(27)21-20(18)12-15(23)13-25-21)5-3-4-16-6-7-17(14-24-16)26-8-10-28-11-9-26/h6-7,12-14H,2,4,8-11H2,1H3. The van der Waals surface area contributed by atoms with Gasteiger partial charge in [-0.05, 0) is 30.2 Å². The number of anilines is 1. The molecule has 2 aromatic heterocycles. The zero-order chi connectivity index (χ0) is 19.5. The first-order valence-corrected chi connectivity index (χ1v) is 9.75. The Morgan fingerprint density at radius 2 is 2.04 bits per heavy atom. The molecule has 0 amide bonds.